The first-order chi connectivity index (χ1) is 21.0. The molecule has 5 rings (SSSR count). The van der Waals surface area contributed by atoms with Crippen LogP contribution < -0.4 is 4.74 Å². The lowest BCUT2D eigenvalue weighted by atomic mass is 10.0. The molecule has 44 heavy (non-hydrogen) atoms. The van der Waals surface area contributed by atoms with Crippen LogP contribution >= 0.6 is 23.2 Å². The lowest BCUT2D eigenvalue weighted by Gasteiger charge is -2.14. The van der Waals surface area contributed by atoms with Crippen LogP contribution in [0.1, 0.15) is 34.2 Å². The number of ether oxygens (including phenoxy) is 2. The first-order valence-corrected chi connectivity index (χ1v) is 14.2. The molecule has 0 saturated heterocycles. The highest BCUT2D eigenvalue weighted by molar-refractivity contribution is 6.36. The molecule has 0 saturated carbocycles. The summed E-state index contributed by atoms with van der Waals surface area (Å²) in [6.07, 6.45) is 1.13. The minimum atomic E-state index is -4.75. The van der Waals surface area contributed by atoms with Crippen molar-refractivity contribution in [1.82, 2.24) is 9.55 Å². The Balaban J connectivity index is 1.29. The van der Waals surface area contributed by atoms with Gasteiger partial charge in [0.15, 0.2) is 0 Å². The van der Waals surface area contributed by atoms with Crippen LogP contribution in [-0.2, 0) is 17.5 Å². The van der Waals surface area contributed by atoms with Gasteiger partial charge in [-0.05, 0) is 78.2 Å². The maximum Gasteiger partial charge on any atom is 0.417 e. The fourth-order valence-corrected chi connectivity index (χ4v) is 5.07. The molecule has 224 valence electrons. The van der Waals surface area contributed by atoms with Gasteiger partial charge in [-0.3, -0.25) is 0 Å². The molecule has 1 aromatic heterocycles. The van der Waals surface area contributed by atoms with Gasteiger partial charge in [-0.25, -0.2) is 9.78 Å². The summed E-state index contributed by atoms with van der Waals surface area (Å²) >= 11 is 12.4. The number of aryl methyl sites for hydroxylation is 1. The van der Waals surface area contributed by atoms with E-state index in [9.17, 15) is 18.0 Å². The van der Waals surface area contributed by atoms with E-state index in [-0.39, 0.29) is 5.75 Å². The molecule has 0 radical (unpaired) electrons. The van der Waals surface area contributed by atoms with Gasteiger partial charge in [0.1, 0.15) is 17.3 Å². The summed E-state index contributed by atoms with van der Waals surface area (Å²) in [6, 6.07) is 23.3. The van der Waals surface area contributed by atoms with E-state index in [0.717, 1.165) is 59.6 Å². The predicted octanol–water partition coefficient (Wildman–Crippen LogP) is 10.3. The maximum atomic E-state index is 13.5. The van der Waals surface area contributed by atoms with E-state index < -0.39 is 23.3 Å². The fraction of sp³-hybridized carbons (Fsp3) is 0.118. The SMILES string of the molecule is CCn1cc(-c2ccc(Cl)cc2Cl)nc1C=Cc1ccc(-c2ccc(Oc3ccc(C(=O)OC)c(C(F)(F)F)c3)cc2)cc1. The van der Waals surface area contributed by atoms with Gasteiger partial charge in [-0.15, -0.1) is 0 Å². The van der Waals surface area contributed by atoms with Crippen molar-refractivity contribution in [2.75, 3.05) is 7.11 Å². The Morgan fingerprint density at radius 3 is 2.16 bits per heavy atom. The van der Waals surface area contributed by atoms with Crippen molar-refractivity contribution in [2.24, 2.45) is 0 Å². The number of hydrogen-bond donors (Lipinski definition) is 0. The van der Waals surface area contributed by atoms with Crippen LogP contribution in [0.15, 0.2) is 91.1 Å². The van der Waals surface area contributed by atoms with Crippen LogP contribution in [0, 0.1) is 0 Å². The zero-order valence-corrected chi connectivity index (χ0v) is 25.0. The third-order valence-electron chi connectivity index (χ3n) is 6.82. The van der Waals surface area contributed by atoms with Crippen LogP contribution in [0.3, 0.4) is 0 Å². The summed E-state index contributed by atoms with van der Waals surface area (Å²) in [4.78, 5) is 16.5. The molecular weight excluding hydrogens is 612 g/mol. The Hall–Kier alpha value is -4.53. The van der Waals surface area contributed by atoms with Crippen molar-refractivity contribution >= 4 is 41.3 Å². The second-order valence-electron chi connectivity index (χ2n) is 9.67. The number of halogens is 5. The fourth-order valence-electron chi connectivity index (χ4n) is 4.56. The van der Waals surface area contributed by atoms with Crippen molar-refractivity contribution in [3.63, 3.8) is 0 Å². The van der Waals surface area contributed by atoms with Crippen LogP contribution in [0.25, 0.3) is 34.5 Å². The molecule has 0 bridgehead atoms. The van der Waals surface area contributed by atoms with Gasteiger partial charge in [0.25, 0.3) is 0 Å². The number of alkyl halides is 3. The van der Waals surface area contributed by atoms with E-state index in [0.29, 0.717) is 15.8 Å². The summed E-state index contributed by atoms with van der Waals surface area (Å²) in [5, 5.41) is 1.10. The van der Waals surface area contributed by atoms with E-state index in [4.69, 9.17) is 32.9 Å². The molecule has 4 aromatic carbocycles. The zero-order valence-electron chi connectivity index (χ0n) is 23.5. The van der Waals surface area contributed by atoms with E-state index >= 15 is 0 Å². The minimum absolute atomic E-state index is 0.0547. The minimum Gasteiger partial charge on any atom is -0.465 e. The Morgan fingerprint density at radius 1 is 0.886 bits per heavy atom. The monoisotopic (exact) mass is 636 g/mol. The molecule has 0 atom stereocenters. The lowest BCUT2D eigenvalue weighted by Crippen LogP contribution is -2.14. The molecule has 5 nitrogen and oxygen atoms in total. The summed E-state index contributed by atoms with van der Waals surface area (Å²) in [7, 11) is 1.03. The average Bonchev–Trinajstić information content (AvgIpc) is 3.42. The van der Waals surface area contributed by atoms with Gasteiger partial charge in [-0.1, -0.05) is 65.7 Å². The number of rotatable bonds is 8. The number of aromatic nitrogens is 2. The van der Waals surface area contributed by atoms with E-state index in [2.05, 4.69) is 4.74 Å². The van der Waals surface area contributed by atoms with Crippen molar-refractivity contribution in [1.29, 1.82) is 0 Å². The quantitative estimate of drug-likeness (QED) is 0.159. The molecule has 10 heteroatoms. The van der Waals surface area contributed by atoms with E-state index in [1.54, 1.807) is 24.3 Å². The molecule has 0 N–H and O–H groups in total. The zero-order chi connectivity index (χ0) is 31.4. The number of hydrogen-bond acceptors (Lipinski definition) is 4. The first-order valence-electron chi connectivity index (χ1n) is 13.4. The standard InChI is InChI=1S/C34H25Cl2F3N2O3/c1-3-41-20-31(28-15-11-24(35)18-30(28)36)40-32(41)17-6-21-4-7-22(8-5-21)23-9-12-25(13-10-23)44-26-14-16-27(33(42)43-2)29(19-26)34(37,38)39/h4-20H,3H2,1-2H3. The number of carbonyl (C=O) groups excluding carboxylic acids is 1. The van der Waals surface area contributed by atoms with Gasteiger partial charge in [-0.2, -0.15) is 13.2 Å². The second-order valence-corrected chi connectivity index (χ2v) is 10.5. The first kappa shape index (κ1) is 30.9. The van der Waals surface area contributed by atoms with Crippen molar-refractivity contribution < 1.29 is 27.4 Å². The highest BCUT2D eigenvalue weighted by Gasteiger charge is 2.36. The Bertz CT molecular complexity index is 1830. The maximum absolute atomic E-state index is 13.5. The van der Waals surface area contributed by atoms with Crippen molar-refractivity contribution in [3.8, 4) is 33.9 Å². The molecule has 0 aliphatic heterocycles. The second kappa shape index (κ2) is 13.0. The molecule has 0 aliphatic carbocycles. The molecule has 0 spiro atoms. The van der Waals surface area contributed by atoms with Gasteiger partial charge in [0, 0.05) is 23.3 Å². The average molecular weight is 637 g/mol. The number of imidazole rings is 1. The Labute approximate surface area is 262 Å². The normalized spacial score (nSPS) is 11.6. The Morgan fingerprint density at radius 2 is 1.55 bits per heavy atom. The smallest absolute Gasteiger partial charge is 0.417 e. The summed E-state index contributed by atoms with van der Waals surface area (Å²) in [6.45, 7) is 2.77. The number of esters is 1. The van der Waals surface area contributed by atoms with Crippen LogP contribution in [0.2, 0.25) is 10.0 Å². The van der Waals surface area contributed by atoms with Crippen LogP contribution in [0.4, 0.5) is 13.2 Å². The molecule has 0 aliphatic rings. The van der Waals surface area contributed by atoms with Gasteiger partial charge >= 0.3 is 12.1 Å². The predicted molar refractivity (Wildman–Crippen MR) is 167 cm³/mol. The molecule has 0 unspecified atom stereocenters. The highest BCUT2D eigenvalue weighted by atomic mass is 35.5. The molecular formula is C34H25Cl2F3N2O3. The van der Waals surface area contributed by atoms with E-state index in [1.807, 2.05) is 72.3 Å². The molecule has 0 amide bonds. The largest absolute Gasteiger partial charge is 0.465 e. The van der Waals surface area contributed by atoms with Crippen LogP contribution in [-0.4, -0.2) is 22.6 Å². The lowest BCUT2D eigenvalue weighted by molar-refractivity contribution is -0.138. The molecule has 1 heterocycles. The Kier molecular flexibility index (Phi) is 9.13. The number of nitrogens with zero attached hydrogens (tertiary/aromatic N) is 2. The molecule has 5 aromatic rings. The van der Waals surface area contributed by atoms with Gasteiger partial charge < -0.3 is 14.0 Å². The van der Waals surface area contributed by atoms with Gasteiger partial charge in [0.05, 0.1) is 29.0 Å². The summed E-state index contributed by atoms with van der Waals surface area (Å²) in [5.41, 5.74) is 2.68. The third-order valence-corrected chi connectivity index (χ3v) is 7.36. The topological polar surface area (TPSA) is 53.4 Å². The number of methoxy groups -OCH3 is 1. The highest BCUT2D eigenvalue weighted by Crippen LogP contribution is 2.36. The van der Waals surface area contributed by atoms with E-state index in [1.165, 1.54) is 6.07 Å². The number of benzene rings is 4. The third kappa shape index (κ3) is 6.98. The van der Waals surface area contributed by atoms with Crippen LogP contribution in [0.5, 0.6) is 11.5 Å². The van der Waals surface area contributed by atoms with Crippen molar-refractivity contribution in [2.45, 2.75) is 19.6 Å². The molecule has 0 fully saturated rings. The summed E-state index contributed by atoms with van der Waals surface area (Å²) < 4.78 is 52.7. The number of carbonyl (C=O) groups is 1. The summed E-state index contributed by atoms with van der Waals surface area (Å²) in [5.74, 6) is 0.00461. The van der Waals surface area contributed by atoms with Crippen molar-refractivity contribution in [3.05, 3.63) is 124 Å². The van der Waals surface area contributed by atoms with Gasteiger partial charge in [0.2, 0.25) is 0 Å².